The number of ketones is 1. The van der Waals surface area contributed by atoms with Crippen LogP contribution >= 0.6 is 0 Å². The highest BCUT2D eigenvalue weighted by Gasteiger charge is 2.53. The summed E-state index contributed by atoms with van der Waals surface area (Å²) in [7, 11) is 0. The summed E-state index contributed by atoms with van der Waals surface area (Å²) in [4.78, 5) is 43.3. The summed E-state index contributed by atoms with van der Waals surface area (Å²) in [6.45, 7) is 3.75. The van der Waals surface area contributed by atoms with Crippen molar-refractivity contribution < 1.29 is 9.59 Å². The number of carbonyl (C=O) groups is 2. The van der Waals surface area contributed by atoms with E-state index in [1.165, 1.54) is 6.33 Å². The Morgan fingerprint density at radius 2 is 1.84 bits per heavy atom. The number of benzene rings is 1. The van der Waals surface area contributed by atoms with Gasteiger partial charge in [-0.2, -0.15) is 0 Å². The van der Waals surface area contributed by atoms with E-state index in [1.54, 1.807) is 18.5 Å². The molecule has 0 bridgehead atoms. The number of hydrogen-bond acceptors (Lipinski definition) is 6. The molecule has 7 heteroatoms. The fourth-order valence-corrected chi connectivity index (χ4v) is 5.43. The van der Waals surface area contributed by atoms with Gasteiger partial charge in [0.05, 0.1) is 22.4 Å². The Kier molecular flexibility index (Phi) is 4.69. The molecule has 2 aliphatic carbocycles. The molecule has 2 aromatic heterocycles. The van der Waals surface area contributed by atoms with Gasteiger partial charge in [0.1, 0.15) is 12.2 Å². The Labute approximate surface area is 185 Å². The van der Waals surface area contributed by atoms with Gasteiger partial charge in [-0.05, 0) is 31.2 Å². The third kappa shape index (κ3) is 2.88. The number of nitrogens with zero attached hydrogens (tertiary/aromatic N) is 4. The lowest BCUT2D eigenvalue weighted by atomic mass is 9.54. The highest BCUT2D eigenvalue weighted by molar-refractivity contribution is 6.20. The predicted octanol–water partition coefficient (Wildman–Crippen LogP) is 2.72. The van der Waals surface area contributed by atoms with Gasteiger partial charge >= 0.3 is 0 Å². The number of fused-ring (bicyclic) bond motifs is 3. The van der Waals surface area contributed by atoms with Crippen molar-refractivity contribution >= 4 is 11.7 Å². The van der Waals surface area contributed by atoms with Crippen LogP contribution in [0, 0.1) is 18.8 Å². The summed E-state index contributed by atoms with van der Waals surface area (Å²) in [6, 6.07) is 9.94. The summed E-state index contributed by atoms with van der Waals surface area (Å²) in [5, 5.41) is 0. The van der Waals surface area contributed by atoms with Crippen molar-refractivity contribution in [2.24, 2.45) is 17.6 Å². The fourth-order valence-electron chi connectivity index (χ4n) is 5.43. The van der Waals surface area contributed by atoms with Crippen molar-refractivity contribution in [3.8, 4) is 11.3 Å². The van der Waals surface area contributed by atoms with Crippen LogP contribution in [0.2, 0.25) is 0 Å². The predicted molar refractivity (Wildman–Crippen MR) is 118 cm³/mol. The number of Topliss-reactive ketones (excluding diaryl/α,β-unsaturated/α-hetero) is 1. The van der Waals surface area contributed by atoms with Gasteiger partial charge in [-0.1, -0.05) is 43.3 Å². The first-order valence-electron chi connectivity index (χ1n) is 10.7. The van der Waals surface area contributed by atoms with Crippen molar-refractivity contribution in [3.05, 3.63) is 83.3 Å². The molecule has 2 N–H and O–H groups in total. The molecule has 2 aliphatic rings. The molecule has 0 aliphatic heterocycles. The van der Waals surface area contributed by atoms with Crippen LogP contribution in [-0.2, 0) is 21.4 Å². The Hall–Kier alpha value is -3.74. The van der Waals surface area contributed by atoms with E-state index in [0.717, 1.165) is 40.9 Å². The van der Waals surface area contributed by atoms with Gasteiger partial charge < -0.3 is 5.73 Å². The van der Waals surface area contributed by atoms with E-state index < -0.39 is 11.3 Å². The largest absolute Gasteiger partial charge is 0.365 e. The molecule has 0 radical (unpaired) electrons. The molecule has 1 unspecified atom stereocenters. The van der Waals surface area contributed by atoms with Gasteiger partial charge in [0, 0.05) is 29.4 Å². The quantitative estimate of drug-likeness (QED) is 0.646. The lowest BCUT2D eigenvalue weighted by Gasteiger charge is -2.48. The highest BCUT2D eigenvalue weighted by atomic mass is 16.2. The lowest BCUT2D eigenvalue weighted by molar-refractivity contribution is -0.125. The smallest absolute Gasteiger partial charge is 0.252 e. The van der Waals surface area contributed by atoms with Gasteiger partial charge in [0.2, 0.25) is 0 Å². The average molecular weight is 425 g/mol. The molecular formula is C25H23N5O2. The van der Waals surface area contributed by atoms with Crippen molar-refractivity contribution in [1.82, 2.24) is 19.9 Å². The maximum Gasteiger partial charge on any atom is 0.252 e. The van der Waals surface area contributed by atoms with Crippen LogP contribution in [-0.4, -0.2) is 31.6 Å². The van der Waals surface area contributed by atoms with Crippen LogP contribution in [0.3, 0.4) is 0 Å². The molecule has 32 heavy (non-hydrogen) atoms. The molecule has 160 valence electrons. The molecule has 3 aromatic rings. The zero-order valence-electron chi connectivity index (χ0n) is 17.9. The second kappa shape index (κ2) is 7.44. The van der Waals surface area contributed by atoms with Crippen LogP contribution in [0.25, 0.3) is 11.3 Å². The number of amides is 1. The first-order valence-corrected chi connectivity index (χ1v) is 10.7. The number of primary amides is 1. The normalized spacial score (nSPS) is 24.3. The molecule has 3 atom stereocenters. The molecule has 0 saturated carbocycles. The van der Waals surface area contributed by atoms with Crippen LogP contribution in [0.15, 0.2) is 60.7 Å². The van der Waals surface area contributed by atoms with E-state index in [-0.39, 0.29) is 23.2 Å². The average Bonchev–Trinajstić information content (AvgIpc) is 2.81. The molecule has 2 heterocycles. The minimum Gasteiger partial charge on any atom is -0.365 e. The number of hydrogen-bond donors (Lipinski definition) is 1. The number of nitrogens with two attached hydrogens (primary N) is 1. The SMILES string of the molecule is Cc1nc(-c2cncnc2)c2c(n1)[C@@]1(c3ccccc3)C=C(C(N)=O)C(=O)[C@@H](C)C1CC2. The topological polar surface area (TPSA) is 112 Å². The summed E-state index contributed by atoms with van der Waals surface area (Å²) < 4.78 is 0. The Morgan fingerprint density at radius 1 is 1.12 bits per heavy atom. The second-order valence-electron chi connectivity index (χ2n) is 8.53. The number of rotatable bonds is 3. The van der Waals surface area contributed by atoms with Gasteiger partial charge in [-0.3, -0.25) is 9.59 Å². The molecule has 1 aromatic carbocycles. The lowest BCUT2D eigenvalue weighted by Crippen LogP contribution is -2.50. The molecule has 5 rings (SSSR count). The minimum atomic E-state index is -0.759. The first-order chi connectivity index (χ1) is 15.4. The van der Waals surface area contributed by atoms with Crippen molar-refractivity contribution in [1.29, 1.82) is 0 Å². The van der Waals surface area contributed by atoms with E-state index in [2.05, 4.69) is 9.97 Å². The maximum atomic E-state index is 13.0. The maximum absolute atomic E-state index is 13.0. The van der Waals surface area contributed by atoms with Gasteiger partial charge in [-0.25, -0.2) is 19.9 Å². The molecule has 1 amide bonds. The number of allylic oxidation sites excluding steroid dienone is 1. The van der Waals surface area contributed by atoms with E-state index >= 15 is 0 Å². The molecular weight excluding hydrogens is 402 g/mol. The third-order valence-electron chi connectivity index (χ3n) is 6.81. The summed E-state index contributed by atoms with van der Waals surface area (Å²) in [5.74, 6) is -0.709. The minimum absolute atomic E-state index is 0.0475. The van der Waals surface area contributed by atoms with Crippen molar-refractivity contribution in [3.63, 3.8) is 0 Å². The van der Waals surface area contributed by atoms with Crippen LogP contribution in [0.5, 0.6) is 0 Å². The molecule has 0 spiro atoms. The number of aromatic nitrogens is 4. The third-order valence-corrected chi connectivity index (χ3v) is 6.81. The van der Waals surface area contributed by atoms with Crippen molar-refractivity contribution in [2.45, 2.75) is 32.1 Å². The standard InChI is InChI=1S/C25H23N5O2/c1-14-20-9-8-18-21(16-11-27-13-28-12-16)29-15(2)30-23(18)25(20,17-6-4-3-5-7-17)10-19(22(14)31)24(26)32/h3-7,10-14,20H,8-9H2,1-2H3,(H2,26,32)/t14-,20?,25+/m0/s1. The Bertz CT molecular complexity index is 1260. The summed E-state index contributed by atoms with van der Waals surface area (Å²) in [6.07, 6.45) is 8.22. The van der Waals surface area contributed by atoms with Crippen LogP contribution in [0.4, 0.5) is 0 Å². The van der Waals surface area contributed by atoms with E-state index in [9.17, 15) is 9.59 Å². The summed E-state index contributed by atoms with van der Waals surface area (Å²) >= 11 is 0. The summed E-state index contributed by atoms with van der Waals surface area (Å²) in [5.41, 5.74) is 9.37. The van der Waals surface area contributed by atoms with Crippen molar-refractivity contribution in [2.75, 3.05) is 0 Å². The highest BCUT2D eigenvalue weighted by Crippen LogP contribution is 2.54. The van der Waals surface area contributed by atoms with Crippen LogP contribution < -0.4 is 5.73 Å². The molecule has 0 fully saturated rings. The zero-order valence-corrected chi connectivity index (χ0v) is 17.9. The van der Waals surface area contributed by atoms with Crippen LogP contribution in [0.1, 0.15) is 36.0 Å². The molecule has 0 saturated heterocycles. The molecule has 7 nitrogen and oxygen atoms in total. The van der Waals surface area contributed by atoms with Gasteiger partial charge in [-0.15, -0.1) is 0 Å². The number of carbonyl (C=O) groups excluding carboxylic acids is 2. The van der Waals surface area contributed by atoms with E-state index in [0.29, 0.717) is 5.82 Å². The Balaban J connectivity index is 1.89. The number of aryl methyl sites for hydroxylation is 1. The van der Waals surface area contributed by atoms with E-state index in [1.807, 2.05) is 44.2 Å². The zero-order chi connectivity index (χ0) is 22.5. The van der Waals surface area contributed by atoms with Gasteiger partial charge in [0.15, 0.2) is 5.78 Å². The monoisotopic (exact) mass is 425 g/mol. The van der Waals surface area contributed by atoms with E-state index in [4.69, 9.17) is 15.7 Å². The van der Waals surface area contributed by atoms with Gasteiger partial charge in [0.25, 0.3) is 5.91 Å². The fraction of sp³-hybridized carbons (Fsp3) is 0.280. The first kappa shape index (κ1) is 20.2. The second-order valence-corrected chi connectivity index (χ2v) is 8.53. The Morgan fingerprint density at radius 3 is 2.53 bits per heavy atom.